The Morgan fingerprint density at radius 1 is 1.13 bits per heavy atom. The Morgan fingerprint density at radius 2 is 1.80 bits per heavy atom. The zero-order chi connectivity index (χ0) is 10.9. The molecule has 0 saturated heterocycles. The topological polar surface area (TPSA) is 38.7 Å². The highest BCUT2D eigenvalue weighted by atomic mass is 32.2. The van der Waals surface area contributed by atoms with Crippen LogP contribution in [0.5, 0.6) is 11.5 Å². The van der Waals surface area contributed by atoms with Gasteiger partial charge >= 0.3 is 0 Å². The Hall–Kier alpha value is -0.870. The van der Waals surface area contributed by atoms with E-state index in [1.807, 2.05) is 24.3 Å². The van der Waals surface area contributed by atoms with Gasteiger partial charge < -0.3 is 14.6 Å². The molecule has 0 aliphatic carbocycles. The van der Waals surface area contributed by atoms with Gasteiger partial charge in [0.1, 0.15) is 11.5 Å². The molecule has 1 rings (SSSR count). The molecule has 1 aromatic carbocycles. The Bertz CT molecular complexity index is 261. The van der Waals surface area contributed by atoms with Crippen molar-refractivity contribution in [2.75, 3.05) is 31.8 Å². The SMILES string of the molecule is COc1ccc(OCCSCCO)cc1. The van der Waals surface area contributed by atoms with Gasteiger partial charge in [-0.25, -0.2) is 0 Å². The van der Waals surface area contributed by atoms with Crippen molar-refractivity contribution >= 4 is 11.8 Å². The monoisotopic (exact) mass is 228 g/mol. The van der Waals surface area contributed by atoms with Crippen LogP contribution in [0.4, 0.5) is 0 Å². The Kier molecular flexibility index (Phi) is 6.04. The van der Waals surface area contributed by atoms with Crippen molar-refractivity contribution in [3.63, 3.8) is 0 Å². The van der Waals surface area contributed by atoms with Gasteiger partial charge in [-0.1, -0.05) is 0 Å². The second kappa shape index (κ2) is 7.43. The van der Waals surface area contributed by atoms with Crippen molar-refractivity contribution in [3.05, 3.63) is 24.3 Å². The molecule has 84 valence electrons. The molecule has 0 heterocycles. The molecule has 0 saturated carbocycles. The molecule has 1 aromatic rings. The van der Waals surface area contributed by atoms with E-state index in [0.717, 1.165) is 23.0 Å². The zero-order valence-corrected chi connectivity index (χ0v) is 9.63. The first-order valence-corrected chi connectivity index (χ1v) is 5.97. The standard InChI is InChI=1S/C11H16O3S/c1-13-10-2-4-11(5-3-10)14-7-9-15-8-6-12/h2-5,12H,6-9H2,1H3. The second-order valence-electron chi connectivity index (χ2n) is 2.86. The van der Waals surface area contributed by atoms with Gasteiger partial charge in [0.05, 0.1) is 20.3 Å². The summed E-state index contributed by atoms with van der Waals surface area (Å²) in [5.74, 6) is 3.34. The number of methoxy groups -OCH3 is 1. The summed E-state index contributed by atoms with van der Waals surface area (Å²) >= 11 is 1.68. The normalized spacial score (nSPS) is 10.0. The molecule has 0 amide bonds. The average Bonchev–Trinajstić information content (AvgIpc) is 2.30. The van der Waals surface area contributed by atoms with Gasteiger partial charge in [-0.3, -0.25) is 0 Å². The first kappa shape index (κ1) is 12.2. The van der Waals surface area contributed by atoms with Crippen molar-refractivity contribution in [1.82, 2.24) is 0 Å². The minimum Gasteiger partial charge on any atom is -0.497 e. The molecule has 1 N–H and O–H groups in total. The summed E-state index contributed by atoms with van der Waals surface area (Å²) in [5, 5.41) is 8.56. The lowest BCUT2D eigenvalue weighted by Gasteiger charge is -2.06. The first-order chi connectivity index (χ1) is 7.36. The van der Waals surface area contributed by atoms with Gasteiger partial charge in [-0.2, -0.15) is 11.8 Å². The van der Waals surface area contributed by atoms with Crippen LogP contribution in [-0.2, 0) is 0 Å². The van der Waals surface area contributed by atoms with Crippen LogP contribution < -0.4 is 9.47 Å². The first-order valence-electron chi connectivity index (χ1n) is 4.82. The van der Waals surface area contributed by atoms with Gasteiger partial charge in [0.2, 0.25) is 0 Å². The van der Waals surface area contributed by atoms with Crippen LogP contribution in [0.1, 0.15) is 0 Å². The zero-order valence-electron chi connectivity index (χ0n) is 8.81. The molecule has 4 heteroatoms. The van der Waals surface area contributed by atoms with Crippen molar-refractivity contribution in [2.24, 2.45) is 0 Å². The van der Waals surface area contributed by atoms with Crippen LogP contribution in [0.25, 0.3) is 0 Å². The van der Waals surface area contributed by atoms with Gasteiger partial charge in [0.15, 0.2) is 0 Å². The van der Waals surface area contributed by atoms with E-state index >= 15 is 0 Å². The maximum Gasteiger partial charge on any atom is 0.119 e. The van der Waals surface area contributed by atoms with Crippen LogP contribution in [0, 0.1) is 0 Å². The summed E-state index contributed by atoms with van der Waals surface area (Å²) in [6.07, 6.45) is 0. The summed E-state index contributed by atoms with van der Waals surface area (Å²) < 4.78 is 10.5. The molecule has 0 aliphatic rings. The number of aliphatic hydroxyl groups is 1. The summed E-state index contributed by atoms with van der Waals surface area (Å²) in [7, 11) is 1.64. The number of benzene rings is 1. The molecule has 0 spiro atoms. The van der Waals surface area contributed by atoms with Crippen molar-refractivity contribution in [2.45, 2.75) is 0 Å². The van der Waals surface area contributed by atoms with E-state index in [9.17, 15) is 0 Å². The quantitative estimate of drug-likeness (QED) is 0.722. The third kappa shape index (κ3) is 4.95. The molecule has 0 radical (unpaired) electrons. The van der Waals surface area contributed by atoms with E-state index in [2.05, 4.69) is 0 Å². The highest BCUT2D eigenvalue weighted by Crippen LogP contribution is 2.17. The Morgan fingerprint density at radius 3 is 2.40 bits per heavy atom. The Labute approximate surface area is 94.4 Å². The Balaban J connectivity index is 2.20. The fourth-order valence-corrected chi connectivity index (χ4v) is 1.59. The summed E-state index contributed by atoms with van der Waals surface area (Å²) in [5.41, 5.74) is 0. The molecular weight excluding hydrogens is 212 g/mol. The van der Waals surface area contributed by atoms with Crippen molar-refractivity contribution in [3.8, 4) is 11.5 Å². The van der Waals surface area contributed by atoms with Crippen LogP contribution in [-0.4, -0.2) is 36.9 Å². The van der Waals surface area contributed by atoms with Crippen molar-refractivity contribution < 1.29 is 14.6 Å². The number of ether oxygens (including phenoxy) is 2. The third-order valence-corrected chi connectivity index (χ3v) is 2.72. The lowest BCUT2D eigenvalue weighted by atomic mass is 10.3. The summed E-state index contributed by atoms with van der Waals surface area (Å²) in [4.78, 5) is 0. The maximum atomic E-state index is 8.56. The lowest BCUT2D eigenvalue weighted by Crippen LogP contribution is -2.01. The van der Waals surface area contributed by atoms with E-state index < -0.39 is 0 Å². The van der Waals surface area contributed by atoms with Gasteiger partial charge in [-0.15, -0.1) is 0 Å². The highest BCUT2D eigenvalue weighted by molar-refractivity contribution is 7.99. The van der Waals surface area contributed by atoms with Crippen molar-refractivity contribution in [1.29, 1.82) is 0 Å². The van der Waals surface area contributed by atoms with Crippen LogP contribution in [0.15, 0.2) is 24.3 Å². The fourth-order valence-electron chi connectivity index (χ4n) is 1.06. The minimum absolute atomic E-state index is 0.229. The van der Waals surface area contributed by atoms with E-state index in [1.54, 1.807) is 18.9 Å². The predicted molar refractivity (Wildman–Crippen MR) is 62.9 cm³/mol. The summed E-state index contributed by atoms with van der Waals surface area (Å²) in [6, 6.07) is 7.51. The van der Waals surface area contributed by atoms with Crippen LogP contribution in [0.3, 0.4) is 0 Å². The molecule has 0 unspecified atom stereocenters. The molecule has 0 atom stereocenters. The second-order valence-corrected chi connectivity index (χ2v) is 4.08. The fraction of sp³-hybridized carbons (Fsp3) is 0.455. The van der Waals surface area contributed by atoms with Crippen LogP contribution >= 0.6 is 11.8 Å². The molecule has 0 aliphatic heterocycles. The highest BCUT2D eigenvalue weighted by Gasteiger charge is 1.95. The van der Waals surface area contributed by atoms with Crippen LogP contribution in [0.2, 0.25) is 0 Å². The van der Waals surface area contributed by atoms with Gasteiger partial charge in [-0.05, 0) is 24.3 Å². The molecule has 0 bridgehead atoms. The maximum absolute atomic E-state index is 8.56. The minimum atomic E-state index is 0.229. The smallest absolute Gasteiger partial charge is 0.119 e. The lowest BCUT2D eigenvalue weighted by molar-refractivity contribution is 0.321. The molecule has 3 nitrogen and oxygen atoms in total. The molecule has 15 heavy (non-hydrogen) atoms. The number of aliphatic hydroxyl groups excluding tert-OH is 1. The average molecular weight is 228 g/mol. The largest absolute Gasteiger partial charge is 0.497 e. The number of hydrogen-bond acceptors (Lipinski definition) is 4. The predicted octanol–water partition coefficient (Wildman–Crippen LogP) is 1.80. The van der Waals surface area contributed by atoms with E-state index in [-0.39, 0.29) is 6.61 Å². The number of thioether (sulfide) groups is 1. The number of hydrogen-bond donors (Lipinski definition) is 1. The third-order valence-electron chi connectivity index (χ3n) is 1.79. The van der Waals surface area contributed by atoms with Gasteiger partial charge in [0.25, 0.3) is 0 Å². The van der Waals surface area contributed by atoms with E-state index in [4.69, 9.17) is 14.6 Å². The van der Waals surface area contributed by atoms with E-state index in [1.165, 1.54) is 0 Å². The molecule has 0 fully saturated rings. The van der Waals surface area contributed by atoms with E-state index in [0.29, 0.717) is 6.61 Å². The van der Waals surface area contributed by atoms with Gasteiger partial charge in [0, 0.05) is 11.5 Å². The molecular formula is C11H16O3S. The molecule has 0 aromatic heterocycles. The summed E-state index contributed by atoms with van der Waals surface area (Å²) in [6.45, 7) is 0.893. The number of rotatable bonds is 7.